The average molecular weight is 431 g/mol. The Morgan fingerprint density at radius 1 is 1.28 bits per heavy atom. The molecule has 3 aromatic rings. The second kappa shape index (κ2) is 9.90. The monoisotopic (exact) mass is 430 g/mol. The number of ether oxygens (including phenoxy) is 2. The van der Waals surface area contributed by atoms with E-state index in [1.807, 2.05) is 30.3 Å². The molecule has 9 heteroatoms. The number of hydrazone groups is 1. The Balaban J connectivity index is 1.60. The van der Waals surface area contributed by atoms with Gasteiger partial charge in [-0.05, 0) is 41.5 Å². The molecule has 0 unspecified atom stereocenters. The number of hydrogen-bond donors (Lipinski definition) is 2. The summed E-state index contributed by atoms with van der Waals surface area (Å²) < 4.78 is 11.2. The van der Waals surface area contributed by atoms with Crippen molar-refractivity contribution in [3.05, 3.63) is 69.7 Å². The van der Waals surface area contributed by atoms with E-state index in [9.17, 15) is 4.79 Å². The van der Waals surface area contributed by atoms with Crippen LogP contribution in [0.25, 0.3) is 0 Å². The summed E-state index contributed by atoms with van der Waals surface area (Å²) in [5, 5.41) is 6.82. The van der Waals surface area contributed by atoms with Crippen molar-refractivity contribution < 1.29 is 14.3 Å². The zero-order chi connectivity index (χ0) is 20.6. The van der Waals surface area contributed by atoms with Gasteiger partial charge in [0, 0.05) is 10.4 Å². The van der Waals surface area contributed by atoms with Gasteiger partial charge in [0.1, 0.15) is 6.61 Å². The summed E-state index contributed by atoms with van der Waals surface area (Å²) in [6, 6.07) is 12.8. The first-order valence-electron chi connectivity index (χ1n) is 8.60. The zero-order valence-corrected chi connectivity index (χ0v) is 17.2. The van der Waals surface area contributed by atoms with Crippen LogP contribution in [0.1, 0.15) is 16.8 Å². The normalized spacial score (nSPS) is 10.8. The largest absolute Gasteiger partial charge is 0.493 e. The van der Waals surface area contributed by atoms with Crippen LogP contribution in [-0.4, -0.2) is 24.2 Å². The highest BCUT2D eigenvalue weighted by atomic mass is 35.5. The van der Waals surface area contributed by atoms with Gasteiger partial charge < -0.3 is 15.2 Å². The number of carbonyl (C=O) groups excluding carboxylic acids is 1. The van der Waals surface area contributed by atoms with Crippen LogP contribution >= 0.6 is 22.9 Å². The molecule has 0 bridgehead atoms. The number of nitrogen functional groups attached to an aromatic ring is 1. The lowest BCUT2D eigenvalue weighted by atomic mass is 10.2. The zero-order valence-electron chi connectivity index (χ0n) is 15.6. The predicted octanol–water partition coefficient (Wildman–Crippen LogP) is 3.66. The van der Waals surface area contributed by atoms with Crippen molar-refractivity contribution >= 4 is 40.2 Å². The van der Waals surface area contributed by atoms with E-state index >= 15 is 0 Å². The molecule has 0 aliphatic carbocycles. The van der Waals surface area contributed by atoms with Crippen molar-refractivity contribution in [2.24, 2.45) is 5.10 Å². The second-order valence-corrected chi connectivity index (χ2v) is 7.30. The van der Waals surface area contributed by atoms with Crippen LogP contribution in [0.5, 0.6) is 11.5 Å². The standard InChI is InChI=1S/C20H19ClN4O3S/c1-27-17-7-4-14(8-18(17)28-11-13-2-5-15(21)6-3-13)10-23-25-19(26)9-16-12-29-20(22)24-16/h2-8,10,12H,9,11H2,1H3,(H2,22,24)(H,25,26)/b23-10+. The van der Waals surface area contributed by atoms with Gasteiger partial charge in [-0.2, -0.15) is 5.10 Å². The number of methoxy groups -OCH3 is 1. The first-order chi connectivity index (χ1) is 14.0. The molecule has 150 valence electrons. The Hall–Kier alpha value is -3.10. The molecule has 0 radical (unpaired) electrons. The third kappa shape index (κ3) is 6.20. The summed E-state index contributed by atoms with van der Waals surface area (Å²) in [5.41, 5.74) is 10.4. The van der Waals surface area contributed by atoms with E-state index in [-0.39, 0.29) is 12.3 Å². The van der Waals surface area contributed by atoms with Crippen LogP contribution in [0, 0.1) is 0 Å². The van der Waals surface area contributed by atoms with Crippen LogP contribution in [0.2, 0.25) is 5.02 Å². The topological polar surface area (TPSA) is 98.8 Å². The molecule has 0 atom stereocenters. The molecule has 1 aromatic heterocycles. The van der Waals surface area contributed by atoms with Gasteiger partial charge in [-0.15, -0.1) is 11.3 Å². The van der Waals surface area contributed by atoms with Crippen LogP contribution in [-0.2, 0) is 17.8 Å². The molecule has 2 aromatic carbocycles. The van der Waals surface area contributed by atoms with E-state index in [0.717, 1.165) is 11.1 Å². The van der Waals surface area contributed by atoms with Gasteiger partial charge in [-0.3, -0.25) is 4.79 Å². The SMILES string of the molecule is COc1ccc(/C=N/NC(=O)Cc2csc(N)n2)cc1OCc1ccc(Cl)cc1. The molecule has 0 aliphatic rings. The lowest BCUT2D eigenvalue weighted by Crippen LogP contribution is -2.19. The minimum Gasteiger partial charge on any atom is -0.493 e. The van der Waals surface area contributed by atoms with Gasteiger partial charge in [0.05, 0.1) is 25.4 Å². The third-order valence-electron chi connectivity index (χ3n) is 3.81. The molecular formula is C20H19ClN4O3S. The molecule has 3 N–H and O–H groups in total. The molecule has 3 rings (SSSR count). The maximum absolute atomic E-state index is 11.9. The molecule has 0 saturated carbocycles. The first kappa shape index (κ1) is 20.6. The summed E-state index contributed by atoms with van der Waals surface area (Å²) in [6.07, 6.45) is 1.64. The van der Waals surface area contributed by atoms with Crippen molar-refractivity contribution in [1.29, 1.82) is 0 Å². The minimum absolute atomic E-state index is 0.114. The molecule has 0 fully saturated rings. The number of nitrogens with one attached hydrogen (secondary N) is 1. The van der Waals surface area contributed by atoms with Gasteiger partial charge >= 0.3 is 0 Å². The van der Waals surface area contributed by atoms with Crippen molar-refractivity contribution in [1.82, 2.24) is 10.4 Å². The summed E-state index contributed by atoms with van der Waals surface area (Å²) in [6.45, 7) is 0.363. The number of aromatic nitrogens is 1. The summed E-state index contributed by atoms with van der Waals surface area (Å²) in [4.78, 5) is 16.0. The Bertz CT molecular complexity index is 1010. The summed E-state index contributed by atoms with van der Waals surface area (Å²) >= 11 is 7.19. The molecule has 0 aliphatic heterocycles. The number of halogens is 1. The molecule has 7 nitrogen and oxygen atoms in total. The molecule has 1 heterocycles. The summed E-state index contributed by atoms with van der Waals surface area (Å²) in [5.74, 6) is 0.885. The molecule has 1 amide bonds. The lowest BCUT2D eigenvalue weighted by molar-refractivity contribution is -0.120. The van der Waals surface area contributed by atoms with E-state index < -0.39 is 0 Å². The van der Waals surface area contributed by atoms with Crippen molar-refractivity contribution in [2.75, 3.05) is 12.8 Å². The number of hydrogen-bond acceptors (Lipinski definition) is 7. The first-order valence-corrected chi connectivity index (χ1v) is 9.86. The second-order valence-electron chi connectivity index (χ2n) is 5.97. The number of rotatable bonds is 8. The maximum Gasteiger partial charge on any atom is 0.246 e. The maximum atomic E-state index is 11.9. The van der Waals surface area contributed by atoms with Gasteiger partial charge in [-0.1, -0.05) is 23.7 Å². The number of nitrogens with two attached hydrogens (primary N) is 1. The quantitative estimate of drug-likeness (QED) is 0.419. The lowest BCUT2D eigenvalue weighted by Gasteiger charge is -2.11. The Kier molecular flexibility index (Phi) is 7.04. The number of amides is 1. The number of benzene rings is 2. The van der Waals surface area contributed by atoms with Gasteiger partial charge in [0.25, 0.3) is 0 Å². The molecule has 29 heavy (non-hydrogen) atoms. The molecule has 0 saturated heterocycles. The highest BCUT2D eigenvalue weighted by Gasteiger charge is 2.07. The van der Waals surface area contributed by atoms with Gasteiger partial charge in [0.2, 0.25) is 5.91 Å². The van der Waals surface area contributed by atoms with Crippen molar-refractivity contribution in [3.63, 3.8) is 0 Å². The van der Waals surface area contributed by atoms with E-state index in [1.165, 1.54) is 17.6 Å². The molecular weight excluding hydrogens is 412 g/mol. The minimum atomic E-state index is -0.278. The highest BCUT2D eigenvalue weighted by molar-refractivity contribution is 7.13. The fourth-order valence-electron chi connectivity index (χ4n) is 2.41. The molecule has 0 spiro atoms. The van der Waals surface area contributed by atoms with Crippen molar-refractivity contribution in [3.8, 4) is 11.5 Å². The van der Waals surface area contributed by atoms with E-state index in [2.05, 4.69) is 15.5 Å². The van der Waals surface area contributed by atoms with Crippen LogP contribution in [0.3, 0.4) is 0 Å². The van der Waals surface area contributed by atoms with Crippen LogP contribution < -0.4 is 20.6 Å². The number of thiazole rings is 1. The fraction of sp³-hybridized carbons (Fsp3) is 0.150. The number of nitrogens with zero attached hydrogens (tertiary/aromatic N) is 2. The Morgan fingerprint density at radius 3 is 2.76 bits per heavy atom. The smallest absolute Gasteiger partial charge is 0.246 e. The van der Waals surface area contributed by atoms with Gasteiger partial charge in [0.15, 0.2) is 16.6 Å². The number of carbonyl (C=O) groups is 1. The Labute approximate surface area is 177 Å². The fourth-order valence-corrected chi connectivity index (χ4v) is 3.10. The van der Waals surface area contributed by atoms with E-state index in [0.29, 0.717) is 34.0 Å². The highest BCUT2D eigenvalue weighted by Crippen LogP contribution is 2.28. The Morgan fingerprint density at radius 2 is 2.07 bits per heavy atom. The van der Waals surface area contributed by atoms with E-state index in [1.54, 1.807) is 24.6 Å². The third-order valence-corrected chi connectivity index (χ3v) is 4.78. The van der Waals surface area contributed by atoms with Crippen LogP contribution in [0.15, 0.2) is 52.9 Å². The summed E-state index contributed by atoms with van der Waals surface area (Å²) in [7, 11) is 1.57. The van der Waals surface area contributed by atoms with Crippen molar-refractivity contribution in [2.45, 2.75) is 13.0 Å². The van der Waals surface area contributed by atoms with E-state index in [4.69, 9.17) is 26.8 Å². The average Bonchev–Trinajstić information content (AvgIpc) is 3.12. The van der Waals surface area contributed by atoms with Crippen LogP contribution in [0.4, 0.5) is 5.13 Å². The van der Waals surface area contributed by atoms with Gasteiger partial charge in [-0.25, -0.2) is 10.4 Å². The number of anilines is 1. The predicted molar refractivity (Wildman–Crippen MR) is 115 cm³/mol.